The van der Waals surface area contributed by atoms with Gasteiger partial charge in [0.15, 0.2) is 0 Å². The summed E-state index contributed by atoms with van der Waals surface area (Å²) in [6.45, 7) is 0.607. The molecular formula is C12H11BrN2OS. The first-order chi connectivity index (χ1) is 8.24. The highest BCUT2D eigenvalue weighted by Gasteiger charge is 2.19. The van der Waals surface area contributed by atoms with Crippen molar-refractivity contribution in [3.63, 3.8) is 0 Å². The molecule has 3 nitrogen and oxygen atoms in total. The Bertz CT molecular complexity index is 617. The molecule has 0 amide bonds. The summed E-state index contributed by atoms with van der Waals surface area (Å²) in [6.07, 6.45) is 0. The number of H-pyrrole nitrogens is 1. The molecule has 0 spiro atoms. The molecule has 0 saturated heterocycles. The van der Waals surface area contributed by atoms with Crippen molar-refractivity contribution < 1.29 is 0 Å². The Balaban J connectivity index is 1.94. The van der Waals surface area contributed by atoms with Gasteiger partial charge in [-0.25, -0.2) is 4.68 Å². The van der Waals surface area contributed by atoms with Crippen LogP contribution < -0.4 is 5.56 Å². The Morgan fingerprint density at radius 2 is 2.29 bits per heavy atom. The highest BCUT2D eigenvalue weighted by molar-refractivity contribution is 9.10. The van der Waals surface area contributed by atoms with Crippen molar-refractivity contribution in [2.24, 2.45) is 0 Å². The summed E-state index contributed by atoms with van der Waals surface area (Å²) in [5.41, 5.74) is 3.29. The predicted octanol–water partition coefficient (Wildman–Crippen LogP) is 2.73. The van der Waals surface area contributed by atoms with E-state index in [4.69, 9.17) is 0 Å². The van der Waals surface area contributed by atoms with Crippen LogP contribution in [0.3, 0.4) is 0 Å². The third-order valence-electron chi connectivity index (χ3n) is 2.86. The lowest BCUT2D eigenvalue weighted by Gasteiger charge is -2.03. The number of thioether (sulfide) groups is 1. The number of nitrogens with one attached hydrogen (secondary N) is 1. The van der Waals surface area contributed by atoms with E-state index < -0.39 is 0 Å². The van der Waals surface area contributed by atoms with Gasteiger partial charge in [-0.15, -0.1) is 0 Å². The lowest BCUT2D eigenvalue weighted by molar-refractivity contribution is 0.655. The first-order valence-corrected chi connectivity index (χ1v) is 7.31. The maximum atomic E-state index is 12.1. The third-order valence-corrected chi connectivity index (χ3v) is 4.34. The zero-order chi connectivity index (χ0) is 11.8. The summed E-state index contributed by atoms with van der Waals surface area (Å²) in [6, 6.07) is 8.03. The maximum absolute atomic E-state index is 12.1. The first kappa shape index (κ1) is 11.2. The predicted molar refractivity (Wildman–Crippen MR) is 73.3 cm³/mol. The van der Waals surface area contributed by atoms with Crippen molar-refractivity contribution in [2.45, 2.75) is 18.1 Å². The molecule has 0 atom stereocenters. The van der Waals surface area contributed by atoms with E-state index in [0.717, 1.165) is 32.8 Å². The van der Waals surface area contributed by atoms with Crippen molar-refractivity contribution >= 4 is 27.7 Å². The van der Waals surface area contributed by atoms with E-state index in [1.165, 1.54) is 0 Å². The van der Waals surface area contributed by atoms with Crippen molar-refractivity contribution in [1.82, 2.24) is 9.78 Å². The molecule has 0 bridgehead atoms. The largest absolute Gasteiger partial charge is 0.298 e. The maximum Gasteiger partial charge on any atom is 0.271 e. The zero-order valence-electron chi connectivity index (χ0n) is 9.07. The minimum Gasteiger partial charge on any atom is -0.298 e. The van der Waals surface area contributed by atoms with Gasteiger partial charge in [0.2, 0.25) is 0 Å². The summed E-state index contributed by atoms with van der Waals surface area (Å²) in [5, 5.41) is 3.20. The molecule has 2 aromatic rings. The number of halogens is 1. The van der Waals surface area contributed by atoms with Gasteiger partial charge in [-0.05, 0) is 17.7 Å². The third kappa shape index (κ3) is 2.09. The fraction of sp³-hybridized carbons (Fsp3) is 0.250. The van der Waals surface area contributed by atoms with Gasteiger partial charge in [0.25, 0.3) is 5.56 Å². The van der Waals surface area contributed by atoms with Crippen LogP contribution in [0.25, 0.3) is 0 Å². The summed E-state index contributed by atoms with van der Waals surface area (Å²) >= 11 is 5.23. The Morgan fingerprint density at radius 1 is 1.41 bits per heavy atom. The van der Waals surface area contributed by atoms with Crippen LogP contribution in [-0.4, -0.2) is 9.78 Å². The van der Waals surface area contributed by atoms with Crippen LogP contribution in [-0.2, 0) is 18.1 Å². The van der Waals surface area contributed by atoms with Crippen molar-refractivity contribution in [1.29, 1.82) is 0 Å². The molecule has 0 unspecified atom stereocenters. The second kappa shape index (κ2) is 4.38. The molecule has 1 aromatic heterocycles. The van der Waals surface area contributed by atoms with Gasteiger partial charge in [0.05, 0.1) is 17.8 Å². The van der Waals surface area contributed by atoms with Crippen LogP contribution in [0.4, 0.5) is 0 Å². The van der Waals surface area contributed by atoms with Crippen LogP contribution in [0.1, 0.15) is 16.8 Å². The number of benzene rings is 1. The normalized spacial score (nSPS) is 13.9. The number of hydrogen-bond donors (Lipinski definition) is 1. The average Bonchev–Trinajstić information content (AvgIpc) is 2.84. The molecule has 17 heavy (non-hydrogen) atoms. The number of aromatic nitrogens is 2. The standard InChI is InChI=1S/C12H11BrN2OS/c13-9-3-1-2-8(4-9)5-15-12(16)10-6-17-7-11(10)14-15/h1-4,14H,5-7H2. The van der Waals surface area contributed by atoms with Crippen LogP contribution in [0.15, 0.2) is 33.5 Å². The minimum atomic E-state index is 0.130. The van der Waals surface area contributed by atoms with E-state index >= 15 is 0 Å². The fourth-order valence-corrected chi connectivity index (χ4v) is 3.52. The molecule has 3 rings (SSSR count). The van der Waals surface area contributed by atoms with Crippen LogP contribution in [0.5, 0.6) is 0 Å². The molecule has 1 aromatic carbocycles. The molecule has 1 aliphatic rings. The number of fused-ring (bicyclic) bond motifs is 1. The number of rotatable bonds is 2. The van der Waals surface area contributed by atoms with Crippen LogP contribution in [0, 0.1) is 0 Å². The van der Waals surface area contributed by atoms with Crippen LogP contribution >= 0.6 is 27.7 Å². The highest BCUT2D eigenvalue weighted by atomic mass is 79.9. The van der Waals surface area contributed by atoms with Crippen molar-refractivity contribution in [3.8, 4) is 0 Å². The average molecular weight is 311 g/mol. The molecule has 5 heteroatoms. The summed E-state index contributed by atoms with van der Waals surface area (Å²) < 4.78 is 2.74. The molecule has 0 fully saturated rings. The molecule has 2 heterocycles. The second-order valence-corrected chi connectivity index (χ2v) is 5.98. The monoisotopic (exact) mass is 310 g/mol. The Hall–Kier alpha value is -0.940. The Kier molecular flexibility index (Phi) is 2.88. The Labute approximate surface area is 111 Å². The first-order valence-electron chi connectivity index (χ1n) is 5.37. The molecular weight excluding hydrogens is 300 g/mol. The van der Waals surface area contributed by atoms with Crippen molar-refractivity contribution in [2.75, 3.05) is 0 Å². The topological polar surface area (TPSA) is 37.8 Å². The minimum absolute atomic E-state index is 0.130. The summed E-state index contributed by atoms with van der Waals surface area (Å²) in [7, 11) is 0. The quantitative estimate of drug-likeness (QED) is 0.926. The van der Waals surface area contributed by atoms with Gasteiger partial charge in [-0.1, -0.05) is 28.1 Å². The van der Waals surface area contributed by atoms with Crippen LogP contribution in [0.2, 0.25) is 0 Å². The lowest BCUT2D eigenvalue weighted by Crippen LogP contribution is -2.19. The number of nitrogens with zero attached hydrogens (tertiary/aromatic N) is 1. The fourth-order valence-electron chi connectivity index (χ4n) is 2.03. The summed E-state index contributed by atoms with van der Waals surface area (Å²) in [4.78, 5) is 12.1. The molecule has 0 aliphatic carbocycles. The molecule has 0 saturated carbocycles. The van der Waals surface area contributed by atoms with Gasteiger partial charge >= 0.3 is 0 Å². The highest BCUT2D eigenvalue weighted by Crippen LogP contribution is 2.25. The Morgan fingerprint density at radius 3 is 3.06 bits per heavy atom. The van der Waals surface area contributed by atoms with E-state index in [0.29, 0.717) is 6.54 Å². The van der Waals surface area contributed by atoms with E-state index in [1.807, 2.05) is 24.3 Å². The molecule has 0 radical (unpaired) electrons. The van der Waals surface area contributed by atoms with E-state index in [1.54, 1.807) is 16.4 Å². The van der Waals surface area contributed by atoms with Gasteiger partial charge in [-0.2, -0.15) is 11.8 Å². The molecule has 88 valence electrons. The van der Waals surface area contributed by atoms with E-state index in [9.17, 15) is 4.79 Å². The van der Waals surface area contributed by atoms with Crippen molar-refractivity contribution in [3.05, 3.63) is 55.9 Å². The van der Waals surface area contributed by atoms with Gasteiger partial charge < -0.3 is 0 Å². The SMILES string of the molecule is O=c1c2c([nH]n1Cc1cccc(Br)c1)CSC2. The van der Waals surface area contributed by atoms with Gasteiger partial charge in [-0.3, -0.25) is 9.89 Å². The molecule has 1 aliphatic heterocycles. The van der Waals surface area contributed by atoms with Gasteiger partial charge in [0, 0.05) is 16.0 Å². The number of aromatic amines is 1. The second-order valence-electron chi connectivity index (χ2n) is 4.08. The molecule has 1 N–H and O–H groups in total. The number of hydrogen-bond acceptors (Lipinski definition) is 2. The smallest absolute Gasteiger partial charge is 0.271 e. The summed E-state index contributed by atoms with van der Waals surface area (Å²) in [5.74, 6) is 1.77. The lowest BCUT2D eigenvalue weighted by atomic mass is 10.2. The van der Waals surface area contributed by atoms with Gasteiger partial charge in [0.1, 0.15) is 0 Å². The van der Waals surface area contributed by atoms with E-state index in [-0.39, 0.29) is 5.56 Å². The van der Waals surface area contributed by atoms with E-state index in [2.05, 4.69) is 21.0 Å². The zero-order valence-corrected chi connectivity index (χ0v) is 11.5.